The lowest BCUT2D eigenvalue weighted by molar-refractivity contribution is -0.144. The van der Waals surface area contributed by atoms with Gasteiger partial charge in [-0.15, -0.1) is 10.2 Å². The van der Waals surface area contributed by atoms with Crippen molar-refractivity contribution in [2.24, 2.45) is 5.92 Å². The molecule has 3 aromatic rings. The Labute approximate surface area is 209 Å². The van der Waals surface area contributed by atoms with Crippen LogP contribution in [0.3, 0.4) is 0 Å². The molecule has 3 heterocycles. The Kier molecular flexibility index (Phi) is 6.75. The van der Waals surface area contributed by atoms with Gasteiger partial charge in [-0.1, -0.05) is 17.7 Å². The second-order valence-corrected chi connectivity index (χ2v) is 10.2. The zero-order valence-electron chi connectivity index (χ0n) is 20.0. The number of halogens is 1. The van der Waals surface area contributed by atoms with E-state index in [0.717, 1.165) is 48.6 Å². The topological polar surface area (TPSA) is 93.4 Å². The highest BCUT2D eigenvalue weighted by molar-refractivity contribution is 6.30. The average molecular weight is 496 g/mol. The molecule has 1 N–H and O–H groups in total. The molecule has 0 saturated heterocycles. The molecular formula is C26H30ClN5O3. The molecule has 184 valence electrons. The maximum atomic E-state index is 12.1. The minimum Gasteiger partial charge on any atom is -0.480 e. The van der Waals surface area contributed by atoms with Crippen molar-refractivity contribution in [3.8, 4) is 11.6 Å². The van der Waals surface area contributed by atoms with Gasteiger partial charge in [0.2, 0.25) is 5.88 Å². The Balaban J connectivity index is 1.43. The number of hydrogen-bond donors (Lipinski definition) is 1. The number of hydrogen-bond acceptors (Lipinski definition) is 6. The summed E-state index contributed by atoms with van der Waals surface area (Å²) in [5, 5.41) is 19.8. The van der Waals surface area contributed by atoms with E-state index in [1.165, 1.54) is 0 Å². The number of rotatable bonds is 6. The first-order chi connectivity index (χ1) is 16.9. The van der Waals surface area contributed by atoms with Crippen molar-refractivity contribution >= 4 is 17.6 Å². The summed E-state index contributed by atoms with van der Waals surface area (Å²) in [5.74, 6) is 1.69. The number of aromatic nitrogens is 4. The van der Waals surface area contributed by atoms with Crippen LogP contribution in [-0.2, 0) is 17.6 Å². The van der Waals surface area contributed by atoms with Gasteiger partial charge in [0.05, 0.1) is 5.69 Å². The van der Waals surface area contributed by atoms with Gasteiger partial charge in [0.15, 0.2) is 0 Å². The van der Waals surface area contributed by atoms with Crippen LogP contribution in [0.4, 0.5) is 0 Å². The summed E-state index contributed by atoms with van der Waals surface area (Å²) in [7, 11) is 3.62. The minimum atomic E-state index is -0.831. The largest absolute Gasteiger partial charge is 0.480 e. The number of nitrogens with zero attached hydrogens (tertiary/aromatic N) is 5. The van der Waals surface area contributed by atoms with E-state index in [1.54, 1.807) is 11.1 Å². The van der Waals surface area contributed by atoms with Crippen molar-refractivity contribution in [3.05, 3.63) is 64.8 Å². The van der Waals surface area contributed by atoms with Gasteiger partial charge in [-0.25, -0.2) is 4.98 Å². The monoisotopic (exact) mass is 495 g/mol. The van der Waals surface area contributed by atoms with Crippen molar-refractivity contribution in [1.82, 2.24) is 24.6 Å². The smallest absolute Gasteiger partial charge is 0.321 e. The highest BCUT2D eigenvalue weighted by Gasteiger charge is 2.36. The number of carbonyl (C=O) groups is 1. The van der Waals surface area contributed by atoms with E-state index >= 15 is 0 Å². The number of benzene rings is 1. The summed E-state index contributed by atoms with van der Waals surface area (Å²) in [6.07, 6.45) is 6.75. The summed E-state index contributed by atoms with van der Waals surface area (Å²) < 4.78 is 8.24. The Morgan fingerprint density at radius 2 is 1.94 bits per heavy atom. The molecule has 0 radical (unpaired) electrons. The van der Waals surface area contributed by atoms with Crippen LogP contribution in [0.5, 0.6) is 5.88 Å². The summed E-state index contributed by atoms with van der Waals surface area (Å²) in [4.78, 5) is 18.2. The summed E-state index contributed by atoms with van der Waals surface area (Å²) >= 11 is 6.37. The van der Waals surface area contributed by atoms with E-state index in [0.29, 0.717) is 23.7 Å². The van der Waals surface area contributed by atoms with Crippen LogP contribution >= 0.6 is 11.6 Å². The number of ether oxygens (including phenoxy) is 1. The van der Waals surface area contributed by atoms with Gasteiger partial charge in [0.25, 0.3) is 0 Å². The minimum absolute atomic E-state index is 0.138. The fraction of sp³-hybridized carbons (Fsp3) is 0.462. The molecule has 2 atom stereocenters. The molecule has 8 nitrogen and oxygen atoms in total. The van der Waals surface area contributed by atoms with Crippen LogP contribution in [0, 0.1) is 5.92 Å². The van der Waals surface area contributed by atoms with E-state index < -0.39 is 12.0 Å². The quantitative estimate of drug-likeness (QED) is 0.549. The van der Waals surface area contributed by atoms with Gasteiger partial charge in [-0.2, -0.15) is 0 Å². The van der Waals surface area contributed by atoms with E-state index in [9.17, 15) is 9.90 Å². The number of aliphatic carboxylic acids is 1. The first-order valence-electron chi connectivity index (χ1n) is 12.1. The van der Waals surface area contributed by atoms with Crippen LogP contribution in [0.15, 0.2) is 42.6 Å². The van der Waals surface area contributed by atoms with Gasteiger partial charge in [0, 0.05) is 29.6 Å². The van der Waals surface area contributed by atoms with Crippen molar-refractivity contribution in [2.75, 3.05) is 14.1 Å². The fourth-order valence-electron chi connectivity index (χ4n) is 5.61. The Hall–Kier alpha value is -2.97. The van der Waals surface area contributed by atoms with Crippen molar-refractivity contribution in [1.29, 1.82) is 0 Å². The number of carboxylic acids is 1. The molecule has 0 bridgehead atoms. The molecule has 2 unspecified atom stereocenters. The molecule has 0 spiro atoms. The Bertz CT molecular complexity index is 1190. The molecule has 5 rings (SSSR count). The van der Waals surface area contributed by atoms with Gasteiger partial charge in [-0.05, 0) is 81.9 Å². The molecule has 35 heavy (non-hydrogen) atoms. The first kappa shape index (κ1) is 23.8. The zero-order valence-corrected chi connectivity index (χ0v) is 20.7. The van der Waals surface area contributed by atoms with Crippen LogP contribution in [0.1, 0.15) is 48.8 Å². The third-order valence-electron chi connectivity index (χ3n) is 7.18. The lowest BCUT2D eigenvalue weighted by atomic mass is 9.86. The van der Waals surface area contributed by atoms with Crippen molar-refractivity contribution < 1.29 is 14.6 Å². The SMILES string of the molecule is CN(C)C(C(=O)O)C1Cc2cc(Cl)ccc2-n2c(nnc2[C@H]2CC[C@H](Oc3ccccn3)CC2)C1. The lowest BCUT2D eigenvalue weighted by Gasteiger charge is -2.28. The van der Waals surface area contributed by atoms with Gasteiger partial charge < -0.3 is 9.84 Å². The number of fused-ring (bicyclic) bond motifs is 3. The van der Waals surface area contributed by atoms with Crippen LogP contribution in [-0.4, -0.2) is 62.0 Å². The Morgan fingerprint density at radius 1 is 1.14 bits per heavy atom. The van der Waals surface area contributed by atoms with Gasteiger partial charge >= 0.3 is 5.97 Å². The maximum absolute atomic E-state index is 12.1. The van der Waals surface area contributed by atoms with Crippen molar-refractivity contribution in [3.63, 3.8) is 0 Å². The molecule has 2 aromatic heterocycles. The molecule has 1 aromatic carbocycles. The third kappa shape index (κ3) is 4.90. The maximum Gasteiger partial charge on any atom is 0.321 e. The molecule has 1 aliphatic carbocycles. The molecule has 1 fully saturated rings. The van der Waals surface area contributed by atoms with Crippen LogP contribution < -0.4 is 4.74 Å². The molecular weight excluding hydrogens is 466 g/mol. The highest BCUT2D eigenvalue weighted by Crippen LogP contribution is 2.38. The second-order valence-electron chi connectivity index (χ2n) is 9.76. The number of carboxylic acid groups (broad SMARTS) is 1. The van der Waals surface area contributed by atoms with Crippen molar-refractivity contribution in [2.45, 2.75) is 56.6 Å². The van der Waals surface area contributed by atoms with E-state index in [4.69, 9.17) is 16.3 Å². The Morgan fingerprint density at radius 3 is 2.63 bits per heavy atom. The summed E-state index contributed by atoms with van der Waals surface area (Å²) in [6, 6.07) is 10.9. The molecule has 0 amide bonds. The fourth-order valence-corrected chi connectivity index (χ4v) is 5.80. The molecule has 1 aliphatic heterocycles. The number of likely N-dealkylation sites (N-methyl/N-ethyl adjacent to an activating group) is 1. The highest BCUT2D eigenvalue weighted by atomic mass is 35.5. The molecule has 1 saturated carbocycles. The van der Waals surface area contributed by atoms with Crippen LogP contribution in [0.25, 0.3) is 5.69 Å². The summed E-state index contributed by atoms with van der Waals surface area (Å²) in [5.41, 5.74) is 2.03. The predicted octanol–water partition coefficient (Wildman–Crippen LogP) is 4.15. The zero-order chi connectivity index (χ0) is 24.5. The van der Waals surface area contributed by atoms with Gasteiger partial charge in [0.1, 0.15) is 23.8 Å². The lowest BCUT2D eigenvalue weighted by Crippen LogP contribution is -2.43. The van der Waals surface area contributed by atoms with Crippen LogP contribution in [0.2, 0.25) is 5.02 Å². The predicted molar refractivity (Wildman–Crippen MR) is 132 cm³/mol. The van der Waals surface area contributed by atoms with E-state index in [1.807, 2.05) is 50.5 Å². The number of pyridine rings is 1. The first-order valence-corrected chi connectivity index (χ1v) is 12.5. The molecule has 2 aliphatic rings. The third-order valence-corrected chi connectivity index (χ3v) is 7.42. The van der Waals surface area contributed by atoms with E-state index in [2.05, 4.69) is 19.7 Å². The summed E-state index contributed by atoms with van der Waals surface area (Å²) in [6.45, 7) is 0. The standard InChI is InChI=1S/C26H30ClN5O3/c1-31(2)24(26(33)34)18-13-17-14-19(27)8-11-21(17)32-22(15-18)29-30-25(32)16-6-9-20(10-7-16)35-23-5-3-4-12-28-23/h3-5,8,11-12,14,16,18,20,24H,6-7,9-10,13,15H2,1-2H3,(H,33,34)/t16-,18?,20-,24?. The van der Waals surface area contributed by atoms with E-state index in [-0.39, 0.29) is 17.9 Å². The van der Waals surface area contributed by atoms with Gasteiger partial charge in [-0.3, -0.25) is 14.3 Å². The normalized spacial score (nSPS) is 22.7. The average Bonchev–Trinajstić information content (AvgIpc) is 3.16. The molecule has 9 heteroatoms. The second kappa shape index (κ2) is 9.95.